The van der Waals surface area contributed by atoms with Gasteiger partial charge < -0.3 is 9.64 Å². The molecule has 0 N–H and O–H groups in total. The SMILES string of the molecule is FC(F)(F)c1ccccc1CCN1CCC(CCOc2ccccc2)CC1. The van der Waals surface area contributed by atoms with Gasteiger partial charge in [-0.05, 0) is 68.5 Å². The number of ether oxygens (including phenoxy) is 1. The van der Waals surface area contributed by atoms with Gasteiger partial charge in [-0.3, -0.25) is 0 Å². The highest BCUT2D eigenvalue weighted by molar-refractivity contribution is 5.29. The second-order valence-electron chi connectivity index (χ2n) is 7.14. The van der Waals surface area contributed by atoms with Gasteiger partial charge in [-0.1, -0.05) is 36.4 Å². The molecule has 2 aromatic carbocycles. The zero-order chi connectivity index (χ0) is 19.1. The Morgan fingerprint density at radius 3 is 2.30 bits per heavy atom. The van der Waals surface area contributed by atoms with Crippen molar-refractivity contribution in [2.24, 2.45) is 5.92 Å². The Kier molecular flexibility index (Phi) is 6.78. The Morgan fingerprint density at radius 1 is 0.926 bits per heavy atom. The molecule has 3 rings (SSSR count). The molecule has 0 amide bonds. The second kappa shape index (κ2) is 9.27. The summed E-state index contributed by atoms with van der Waals surface area (Å²) >= 11 is 0. The smallest absolute Gasteiger partial charge is 0.416 e. The number of rotatable bonds is 7. The van der Waals surface area contributed by atoms with Crippen LogP contribution in [0.1, 0.15) is 30.4 Å². The monoisotopic (exact) mass is 377 g/mol. The topological polar surface area (TPSA) is 12.5 Å². The molecule has 0 spiro atoms. The van der Waals surface area contributed by atoms with Gasteiger partial charge >= 0.3 is 6.18 Å². The van der Waals surface area contributed by atoms with Crippen molar-refractivity contribution in [3.8, 4) is 5.75 Å². The summed E-state index contributed by atoms with van der Waals surface area (Å²) in [5, 5.41) is 0. The number of piperidine rings is 1. The fraction of sp³-hybridized carbons (Fsp3) is 0.455. The number of halogens is 3. The molecule has 1 heterocycles. The summed E-state index contributed by atoms with van der Waals surface area (Å²) in [7, 11) is 0. The third kappa shape index (κ3) is 5.99. The highest BCUT2D eigenvalue weighted by Gasteiger charge is 2.32. The van der Waals surface area contributed by atoms with Crippen molar-refractivity contribution in [3.63, 3.8) is 0 Å². The van der Waals surface area contributed by atoms with E-state index in [1.165, 1.54) is 12.1 Å². The molecule has 2 aromatic rings. The molecule has 1 aliphatic rings. The van der Waals surface area contributed by atoms with E-state index in [1.54, 1.807) is 12.1 Å². The number of hydrogen-bond donors (Lipinski definition) is 0. The van der Waals surface area contributed by atoms with E-state index in [-0.39, 0.29) is 0 Å². The van der Waals surface area contributed by atoms with Gasteiger partial charge in [-0.25, -0.2) is 0 Å². The maximum Gasteiger partial charge on any atom is 0.416 e. The fourth-order valence-electron chi connectivity index (χ4n) is 3.65. The maximum atomic E-state index is 13.1. The van der Waals surface area contributed by atoms with E-state index < -0.39 is 11.7 Å². The molecule has 0 bridgehead atoms. The summed E-state index contributed by atoms with van der Waals surface area (Å²) in [5.74, 6) is 1.53. The van der Waals surface area contributed by atoms with Crippen LogP contribution in [0, 0.1) is 5.92 Å². The van der Waals surface area contributed by atoms with E-state index in [1.807, 2.05) is 30.3 Å². The van der Waals surface area contributed by atoms with Crippen molar-refractivity contribution in [1.29, 1.82) is 0 Å². The zero-order valence-corrected chi connectivity index (χ0v) is 15.4. The van der Waals surface area contributed by atoms with E-state index in [0.29, 0.717) is 31.1 Å². The molecule has 146 valence electrons. The van der Waals surface area contributed by atoms with Crippen molar-refractivity contribution < 1.29 is 17.9 Å². The van der Waals surface area contributed by atoms with Gasteiger partial charge in [0.2, 0.25) is 0 Å². The predicted octanol–water partition coefficient (Wildman–Crippen LogP) is 5.43. The third-order valence-electron chi connectivity index (χ3n) is 5.27. The number of hydrogen-bond acceptors (Lipinski definition) is 2. The number of alkyl halides is 3. The fourth-order valence-corrected chi connectivity index (χ4v) is 3.65. The maximum absolute atomic E-state index is 13.1. The molecule has 0 aliphatic carbocycles. The highest BCUT2D eigenvalue weighted by atomic mass is 19.4. The van der Waals surface area contributed by atoms with Crippen LogP contribution in [0.15, 0.2) is 54.6 Å². The second-order valence-corrected chi connectivity index (χ2v) is 7.14. The standard InChI is InChI=1S/C22H26F3NO/c23-22(24,25)21-9-5-4-6-19(21)12-16-26-14-10-18(11-15-26)13-17-27-20-7-2-1-3-8-20/h1-9,18H,10-17H2. The molecule has 1 aliphatic heterocycles. The van der Waals surface area contributed by atoms with Crippen LogP contribution in [0.4, 0.5) is 13.2 Å². The largest absolute Gasteiger partial charge is 0.494 e. The van der Waals surface area contributed by atoms with Crippen LogP contribution in [0.2, 0.25) is 0 Å². The summed E-state index contributed by atoms with van der Waals surface area (Å²) < 4.78 is 45.0. The Bertz CT molecular complexity index is 694. The van der Waals surface area contributed by atoms with Crippen LogP contribution < -0.4 is 4.74 Å². The molecule has 0 radical (unpaired) electrons. The Morgan fingerprint density at radius 2 is 1.59 bits per heavy atom. The first-order chi connectivity index (χ1) is 13.0. The summed E-state index contributed by atoms with van der Waals surface area (Å²) in [5.41, 5.74) is -0.110. The van der Waals surface area contributed by atoms with E-state index in [9.17, 15) is 13.2 Å². The molecule has 0 saturated carbocycles. The van der Waals surface area contributed by atoms with Gasteiger partial charge in [0, 0.05) is 6.54 Å². The first-order valence-corrected chi connectivity index (χ1v) is 9.57. The van der Waals surface area contributed by atoms with Crippen LogP contribution in [0.5, 0.6) is 5.75 Å². The van der Waals surface area contributed by atoms with E-state index in [2.05, 4.69) is 4.90 Å². The molecule has 5 heteroatoms. The van der Waals surface area contributed by atoms with Gasteiger partial charge in [0.05, 0.1) is 12.2 Å². The zero-order valence-electron chi connectivity index (χ0n) is 15.4. The minimum absolute atomic E-state index is 0.392. The molecular formula is C22H26F3NO. The van der Waals surface area contributed by atoms with Crippen LogP contribution in [-0.2, 0) is 12.6 Å². The lowest BCUT2D eigenvalue weighted by molar-refractivity contribution is -0.138. The van der Waals surface area contributed by atoms with Gasteiger partial charge in [-0.2, -0.15) is 13.2 Å². The lowest BCUT2D eigenvalue weighted by Gasteiger charge is -2.32. The van der Waals surface area contributed by atoms with Gasteiger partial charge in [0.15, 0.2) is 0 Å². The Labute approximate surface area is 159 Å². The molecule has 0 atom stereocenters. The summed E-state index contributed by atoms with van der Waals surface area (Å²) in [6.45, 7) is 3.29. The Balaban J connectivity index is 1.39. The van der Waals surface area contributed by atoms with Crippen molar-refractivity contribution in [3.05, 3.63) is 65.7 Å². The molecule has 0 unspecified atom stereocenters. The van der Waals surface area contributed by atoms with E-state index in [0.717, 1.165) is 38.1 Å². The number of likely N-dealkylation sites (tertiary alicyclic amines) is 1. The quantitative estimate of drug-likeness (QED) is 0.638. The first-order valence-electron chi connectivity index (χ1n) is 9.57. The van der Waals surface area contributed by atoms with Crippen LogP contribution >= 0.6 is 0 Å². The van der Waals surface area contributed by atoms with E-state index in [4.69, 9.17) is 4.74 Å². The van der Waals surface area contributed by atoms with Crippen molar-refractivity contribution in [2.75, 3.05) is 26.2 Å². The summed E-state index contributed by atoms with van der Waals surface area (Å²) in [6, 6.07) is 15.7. The lowest BCUT2D eigenvalue weighted by atomic mass is 9.93. The summed E-state index contributed by atoms with van der Waals surface area (Å²) in [4.78, 5) is 2.28. The number of para-hydroxylation sites is 1. The third-order valence-corrected chi connectivity index (χ3v) is 5.27. The van der Waals surface area contributed by atoms with Crippen molar-refractivity contribution >= 4 is 0 Å². The lowest BCUT2D eigenvalue weighted by Crippen LogP contribution is -2.35. The van der Waals surface area contributed by atoms with Crippen LogP contribution in [-0.4, -0.2) is 31.1 Å². The molecule has 2 nitrogen and oxygen atoms in total. The summed E-state index contributed by atoms with van der Waals surface area (Å²) in [6.07, 6.45) is -0.641. The average Bonchev–Trinajstić information content (AvgIpc) is 2.68. The van der Waals surface area contributed by atoms with Gasteiger partial charge in [0.1, 0.15) is 5.75 Å². The number of nitrogens with zero attached hydrogens (tertiary/aromatic N) is 1. The van der Waals surface area contributed by atoms with E-state index >= 15 is 0 Å². The first kappa shape index (κ1) is 19.7. The highest BCUT2D eigenvalue weighted by Crippen LogP contribution is 2.32. The molecular weight excluding hydrogens is 351 g/mol. The van der Waals surface area contributed by atoms with Gasteiger partial charge in [-0.15, -0.1) is 0 Å². The Hall–Kier alpha value is -2.01. The van der Waals surface area contributed by atoms with Crippen LogP contribution in [0.3, 0.4) is 0 Å². The average molecular weight is 377 g/mol. The van der Waals surface area contributed by atoms with Crippen molar-refractivity contribution in [1.82, 2.24) is 4.90 Å². The van der Waals surface area contributed by atoms with Crippen molar-refractivity contribution in [2.45, 2.75) is 31.9 Å². The molecule has 27 heavy (non-hydrogen) atoms. The minimum atomic E-state index is -4.28. The normalized spacial score (nSPS) is 16.4. The molecule has 1 fully saturated rings. The minimum Gasteiger partial charge on any atom is -0.494 e. The van der Waals surface area contributed by atoms with Crippen LogP contribution in [0.25, 0.3) is 0 Å². The molecule has 1 saturated heterocycles. The predicted molar refractivity (Wildman–Crippen MR) is 101 cm³/mol. The number of benzene rings is 2. The molecule has 0 aromatic heterocycles. The van der Waals surface area contributed by atoms with Gasteiger partial charge in [0.25, 0.3) is 0 Å².